The van der Waals surface area contributed by atoms with Gasteiger partial charge in [-0.3, -0.25) is 4.79 Å². The fourth-order valence-electron chi connectivity index (χ4n) is 3.50. The number of amides is 2. The number of carbonyl (C=O) groups excluding carboxylic acids is 2. The molecule has 7 nitrogen and oxygen atoms in total. The highest BCUT2D eigenvalue weighted by Crippen LogP contribution is 2.43. The van der Waals surface area contributed by atoms with Crippen molar-refractivity contribution in [2.24, 2.45) is 0 Å². The summed E-state index contributed by atoms with van der Waals surface area (Å²) in [5.74, 6) is -0.167. The molecule has 146 valence electrons. The van der Waals surface area contributed by atoms with Crippen molar-refractivity contribution in [2.45, 2.75) is 32.4 Å². The van der Waals surface area contributed by atoms with Crippen LogP contribution >= 0.6 is 0 Å². The summed E-state index contributed by atoms with van der Waals surface area (Å²) in [6, 6.07) is 10.6. The summed E-state index contributed by atoms with van der Waals surface area (Å²) in [7, 11) is 0. The maximum atomic E-state index is 12.6. The topological polar surface area (TPSA) is 88.1 Å². The number of benzene rings is 2. The van der Waals surface area contributed by atoms with E-state index in [1.807, 2.05) is 32.0 Å². The fourth-order valence-corrected chi connectivity index (χ4v) is 3.50. The van der Waals surface area contributed by atoms with Gasteiger partial charge in [0.2, 0.25) is 0 Å². The zero-order valence-corrected chi connectivity index (χ0v) is 15.8. The second kappa shape index (κ2) is 6.74. The van der Waals surface area contributed by atoms with Gasteiger partial charge in [0.25, 0.3) is 5.91 Å². The molecule has 0 aromatic heterocycles. The second-order valence-electron chi connectivity index (χ2n) is 7.68. The highest BCUT2D eigenvalue weighted by Gasteiger charge is 2.33. The van der Waals surface area contributed by atoms with Crippen LogP contribution < -0.4 is 10.1 Å². The molecule has 0 atom stereocenters. The highest BCUT2D eigenvalue weighted by atomic mass is 16.6. The molecule has 0 bridgehead atoms. The van der Waals surface area contributed by atoms with Gasteiger partial charge in [-0.05, 0) is 37.6 Å². The van der Waals surface area contributed by atoms with E-state index in [-0.39, 0.29) is 17.4 Å². The van der Waals surface area contributed by atoms with E-state index in [1.165, 1.54) is 0 Å². The van der Waals surface area contributed by atoms with Crippen molar-refractivity contribution >= 4 is 17.7 Å². The largest absolute Gasteiger partial charge is 0.504 e. The first-order valence-corrected chi connectivity index (χ1v) is 9.18. The molecule has 2 heterocycles. The number of cyclic esters (lactones) is 1. The van der Waals surface area contributed by atoms with Crippen molar-refractivity contribution in [1.29, 1.82) is 0 Å². The molecule has 2 aromatic rings. The summed E-state index contributed by atoms with van der Waals surface area (Å²) >= 11 is 0. The molecule has 2 aliphatic heterocycles. The summed E-state index contributed by atoms with van der Waals surface area (Å²) < 4.78 is 10.7. The minimum atomic E-state index is -0.413. The van der Waals surface area contributed by atoms with Crippen LogP contribution in [0.3, 0.4) is 0 Å². The lowest BCUT2D eigenvalue weighted by atomic mass is 10.0. The first-order chi connectivity index (χ1) is 13.3. The number of nitrogens with zero attached hydrogens (tertiary/aromatic N) is 1. The van der Waals surface area contributed by atoms with Crippen LogP contribution in [0.2, 0.25) is 0 Å². The van der Waals surface area contributed by atoms with Crippen LogP contribution in [0.5, 0.6) is 11.5 Å². The number of hydrogen-bond donors (Lipinski definition) is 2. The van der Waals surface area contributed by atoms with Crippen LogP contribution in [0.15, 0.2) is 36.4 Å². The molecule has 7 heteroatoms. The summed E-state index contributed by atoms with van der Waals surface area (Å²) in [4.78, 5) is 25.7. The lowest BCUT2D eigenvalue weighted by Crippen LogP contribution is -2.24. The van der Waals surface area contributed by atoms with Crippen molar-refractivity contribution in [3.8, 4) is 11.5 Å². The van der Waals surface area contributed by atoms with E-state index in [0.717, 1.165) is 11.1 Å². The van der Waals surface area contributed by atoms with E-state index >= 15 is 0 Å². The lowest BCUT2D eigenvalue weighted by Gasteiger charge is -2.17. The minimum Gasteiger partial charge on any atom is -0.504 e. The Labute approximate surface area is 162 Å². The van der Waals surface area contributed by atoms with E-state index in [1.54, 1.807) is 23.1 Å². The number of ether oxygens (including phenoxy) is 2. The average molecular weight is 382 g/mol. The predicted molar refractivity (Wildman–Crippen MR) is 103 cm³/mol. The van der Waals surface area contributed by atoms with Gasteiger partial charge in [0.05, 0.1) is 12.1 Å². The van der Waals surface area contributed by atoms with Gasteiger partial charge in [-0.2, -0.15) is 0 Å². The van der Waals surface area contributed by atoms with Crippen molar-refractivity contribution in [1.82, 2.24) is 4.90 Å². The highest BCUT2D eigenvalue weighted by molar-refractivity contribution is 6.06. The van der Waals surface area contributed by atoms with Gasteiger partial charge in [-0.1, -0.05) is 18.2 Å². The maximum Gasteiger partial charge on any atom is 0.410 e. The maximum absolute atomic E-state index is 12.6. The number of fused-ring (bicyclic) bond motifs is 1. The molecule has 0 unspecified atom stereocenters. The molecule has 2 amide bonds. The number of carbonyl (C=O) groups is 2. The molecule has 2 aliphatic rings. The monoisotopic (exact) mass is 382 g/mol. The molecule has 0 aliphatic carbocycles. The smallest absolute Gasteiger partial charge is 0.410 e. The van der Waals surface area contributed by atoms with Gasteiger partial charge in [0, 0.05) is 24.2 Å². The van der Waals surface area contributed by atoms with E-state index in [2.05, 4.69) is 5.32 Å². The predicted octanol–water partition coefficient (Wildman–Crippen LogP) is 3.31. The molecule has 0 saturated carbocycles. The van der Waals surface area contributed by atoms with Crippen molar-refractivity contribution in [2.75, 3.05) is 18.5 Å². The van der Waals surface area contributed by atoms with Crippen LogP contribution in [0.4, 0.5) is 10.5 Å². The molecule has 4 rings (SSSR count). The van der Waals surface area contributed by atoms with Gasteiger partial charge in [0.15, 0.2) is 11.5 Å². The first kappa shape index (κ1) is 18.2. The van der Waals surface area contributed by atoms with Crippen molar-refractivity contribution in [3.05, 3.63) is 53.1 Å². The lowest BCUT2D eigenvalue weighted by molar-refractivity contribution is 0.102. The van der Waals surface area contributed by atoms with Crippen molar-refractivity contribution < 1.29 is 24.2 Å². The Kier molecular flexibility index (Phi) is 4.37. The van der Waals surface area contributed by atoms with E-state index in [9.17, 15) is 14.7 Å². The number of rotatable bonds is 4. The standard InChI is InChI=1S/C21H22N2O5/c1-21(2)11-14-5-8-16(17(24)18(14)28-21)19(25)22-15-6-3-13(4-7-15)12-23-9-10-27-20(23)26/h3-8,24H,9-12H2,1-2H3,(H,22,25). The number of hydrogen-bond acceptors (Lipinski definition) is 5. The molecule has 2 aromatic carbocycles. The Morgan fingerprint density at radius 1 is 1.21 bits per heavy atom. The number of phenols is 1. The minimum absolute atomic E-state index is 0.134. The normalized spacial score (nSPS) is 17.1. The second-order valence-corrected chi connectivity index (χ2v) is 7.68. The third-order valence-electron chi connectivity index (χ3n) is 4.88. The summed E-state index contributed by atoms with van der Waals surface area (Å²) in [5, 5.41) is 13.3. The van der Waals surface area contributed by atoms with Gasteiger partial charge >= 0.3 is 6.09 Å². The first-order valence-electron chi connectivity index (χ1n) is 9.18. The summed E-state index contributed by atoms with van der Waals surface area (Å²) in [6.07, 6.45) is 0.374. The van der Waals surface area contributed by atoms with Crippen LogP contribution in [0.1, 0.15) is 35.3 Å². The Morgan fingerprint density at radius 3 is 2.64 bits per heavy atom. The van der Waals surface area contributed by atoms with E-state index < -0.39 is 11.5 Å². The van der Waals surface area contributed by atoms with E-state index in [4.69, 9.17) is 9.47 Å². The third-order valence-corrected chi connectivity index (χ3v) is 4.88. The zero-order valence-electron chi connectivity index (χ0n) is 15.8. The summed E-state index contributed by atoms with van der Waals surface area (Å²) in [5.41, 5.74) is 2.20. The fraction of sp³-hybridized carbons (Fsp3) is 0.333. The molecule has 0 spiro atoms. The zero-order chi connectivity index (χ0) is 19.9. The number of phenolic OH excluding ortho intramolecular Hbond substituents is 1. The van der Waals surface area contributed by atoms with Gasteiger partial charge in [-0.25, -0.2) is 4.79 Å². The quantitative estimate of drug-likeness (QED) is 0.847. The average Bonchev–Trinajstić information content (AvgIpc) is 3.19. The summed E-state index contributed by atoms with van der Waals surface area (Å²) in [6.45, 7) is 5.34. The van der Waals surface area contributed by atoms with Crippen molar-refractivity contribution in [3.63, 3.8) is 0 Å². The molecule has 2 N–H and O–H groups in total. The van der Waals surface area contributed by atoms with Crippen LogP contribution in [0, 0.1) is 0 Å². The Balaban J connectivity index is 1.45. The van der Waals surface area contributed by atoms with E-state index in [0.29, 0.717) is 37.6 Å². The number of nitrogens with one attached hydrogen (secondary N) is 1. The number of aromatic hydroxyl groups is 1. The molecule has 0 radical (unpaired) electrons. The molecular formula is C21H22N2O5. The molecular weight excluding hydrogens is 360 g/mol. The van der Waals surface area contributed by atoms with Gasteiger partial charge in [-0.15, -0.1) is 0 Å². The van der Waals surface area contributed by atoms with Gasteiger partial charge < -0.3 is 24.8 Å². The number of anilines is 1. The third kappa shape index (κ3) is 3.47. The Hall–Kier alpha value is -3.22. The Bertz CT molecular complexity index is 937. The van der Waals surface area contributed by atoms with Gasteiger partial charge in [0.1, 0.15) is 12.2 Å². The van der Waals surface area contributed by atoms with Crippen LogP contribution in [-0.2, 0) is 17.7 Å². The molecule has 1 fully saturated rings. The Morgan fingerprint density at radius 2 is 1.96 bits per heavy atom. The van der Waals surface area contributed by atoms with Crippen LogP contribution in [0.25, 0.3) is 0 Å². The molecule has 28 heavy (non-hydrogen) atoms. The van der Waals surface area contributed by atoms with Crippen LogP contribution in [-0.4, -0.2) is 40.8 Å². The SMILES string of the molecule is CC1(C)Cc2ccc(C(=O)Nc3ccc(CN4CCOC4=O)cc3)c(O)c2O1. The molecule has 1 saturated heterocycles.